The number of hydrogen-bond donors (Lipinski definition) is 2. The topological polar surface area (TPSA) is 86.2 Å². The third-order valence-electron chi connectivity index (χ3n) is 4.63. The van der Waals surface area contributed by atoms with Gasteiger partial charge < -0.3 is 20.3 Å². The van der Waals surface area contributed by atoms with Gasteiger partial charge in [-0.2, -0.15) is 13.8 Å². The van der Waals surface area contributed by atoms with Crippen molar-refractivity contribution in [2.24, 2.45) is 5.73 Å². The Morgan fingerprint density at radius 3 is 2.46 bits per heavy atom. The van der Waals surface area contributed by atoms with E-state index in [1.54, 1.807) is 12.1 Å². The Bertz CT molecular complexity index is 930. The fourth-order valence-corrected chi connectivity index (χ4v) is 2.97. The van der Waals surface area contributed by atoms with E-state index in [4.69, 9.17) is 10.3 Å². The SMILES string of the molecule is Cl.NC1(c2noc(-c3ccccc3Nc3ccc(OC(F)F)cc3)n2)CCC1. The molecule has 6 nitrogen and oxygen atoms in total. The van der Waals surface area contributed by atoms with Crippen LogP contribution in [0.15, 0.2) is 53.1 Å². The first-order valence-electron chi connectivity index (χ1n) is 8.58. The Kier molecular flexibility index (Phi) is 5.81. The fourth-order valence-electron chi connectivity index (χ4n) is 2.97. The zero-order valence-electron chi connectivity index (χ0n) is 14.8. The van der Waals surface area contributed by atoms with E-state index >= 15 is 0 Å². The summed E-state index contributed by atoms with van der Waals surface area (Å²) in [7, 11) is 0. The van der Waals surface area contributed by atoms with Crippen molar-refractivity contribution < 1.29 is 18.0 Å². The summed E-state index contributed by atoms with van der Waals surface area (Å²) in [4.78, 5) is 4.48. The van der Waals surface area contributed by atoms with Crippen molar-refractivity contribution in [2.45, 2.75) is 31.4 Å². The lowest BCUT2D eigenvalue weighted by atomic mass is 9.77. The molecule has 9 heteroatoms. The van der Waals surface area contributed by atoms with E-state index < -0.39 is 12.2 Å². The Balaban J connectivity index is 0.00000225. The van der Waals surface area contributed by atoms with Gasteiger partial charge in [0.25, 0.3) is 5.89 Å². The average molecular weight is 409 g/mol. The number of benzene rings is 2. The summed E-state index contributed by atoms with van der Waals surface area (Å²) in [6, 6.07) is 13.7. The minimum Gasteiger partial charge on any atom is -0.435 e. The number of hydrogen-bond acceptors (Lipinski definition) is 6. The Hall–Kier alpha value is -2.71. The van der Waals surface area contributed by atoms with Crippen molar-refractivity contribution in [3.63, 3.8) is 0 Å². The van der Waals surface area contributed by atoms with E-state index in [1.165, 1.54) is 12.1 Å². The molecular formula is C19H19ClF2N4O2. The van der Waals surface area contributed by atoms with Crippen LogP contribution >= 0.6 is 12.4 Å². The molecule has 0 unspecified atom stereocenters. The number of nitrogens with two attached hydrogens (primary N) is 1. The molecule has 0 saturated heterocycles. The molecule has 1 aromatic heterocycles. The third kappa shape index (κ3) is 4.07. The summed E-state index contributed by atoms with van der Waals surface area (Å²) in [6.45, 7) is -2.85. The van der Waals surface area contributed by atoms with E-state index in [2.05, 4.69) is 20.2 Å². The molecule has 3 aromatic rings. The number of rotatable bonds is 6. The summed E-state index contributed by atoms with van der Waals surface area (Å²) in [6.07, 6.45) is 2.75. The molecule has 0 amide bonds. The number of ether oxygens (including phenoxy) is 1. The zero-order valence-corrected chi connectivity index (χ0v) is 15.6. The van der Waals surface area contributed by atoms with Gasteiger partial charge in [0.1, 0.15) is 5.75 Å². The van der Waals surface area contributed by atoms with Crippen molar-refractivity contribution >= 4 is 23.8 Å². The molecule has 2 aromatic carbocycles. The highest BCUT2D eigenvalue weighted by molar-refractivity contribution is 5.85. The smallest absolute Gasteiger partial charge is 0.387 e. The van der Waals surface area contributed by atoms with Crippen molar-refractivity contribution in [1.29, 1.82) is 0 Å². The molecule has 0 bridgehead atoms. The van der Waals surface area contributed by atoms with Gasteiger partial charge in [0.05, 0.1) is 16.8 Å². The third-order valence-corrected chi connectivity index (χ3v) is 4.63. The van der Waals surface area contributed by atoms with Crippen molar-refractivity contribution in [1.82, 2.24) is 10.1 Å². The highest BCUT2D eigenvalue weighted by Gasteiger charge is 2.39. The second-order valence-electron chi connectivity index (χ2n) is 6.51. The highest BCUT2D eigenvalue weighted by Crippen LogP contribution is 2.38. The Labute approximate surface area is 166 Å². The molecule has 0 atom stereocenters. The molecule has 1 aliphatic rings. The van der Waals surface area contributed by atoms with Crippen LogP contribution in [0.5, 0.6) is 5.75 Å². The van der Waals surface area contributed by atoms with E-state index in [9.17, 15) is 8.78 Å². The van der Waals surface area contributed by atoms with Crippen LogP contribution < -0.4 is 15.8 Å². The van der Waals surface area contributed by atoms with Gasteiger partial charge in [0.15, 0.2) is 5.82 Å². The Morgan fingerprint density at radius 2 is 1.82 bits per heavy atom. The van der Waals surface area contributed by atoms with Crippen LogP contribution in [0.1, 0.15) is 25.1 Å². The number of nitrogens with one attached hydrogen (secondary N) is 1. The number of nitrogens with zero attached hydrogens (tertiary/aromatic N) is 2. The quantitative estimate of drug-likeness (QED) is 0.606. The average Bonchev–Trinajstić information content (AvgIpc) is 3.12. The molecule has 1 fully saturated rings. The molecule has 28 heavy (non-hydrogen) atoms. The lowest BCUT2D eigenvalue weighted by Gasteiger charge is -2.34. The first-order valence-corrected chi connectivity index (χ1v) is 8.58. The minimum atomic E-state index is -2.85. The van der Waals surface area contributed by atoms with Crippen LogP contribution in [0, 0.1) is 0 Å². The largest absolute Gasteiger partial charge is 0.435 e. The standard InChI is InChI=1S/C19H18F2N4O2.ClH/c20-18(21)26-13-8-6-12(7-9-13)23-15-5-2-1-4-14(15)16-24-17(25-27-16)19(22)10-3-11-19;/h1-2,4-9,18,23H,3,10-11,22H2;1H. The summed E-state index contributed by atoms with van der Waals surface area (Å²) in [5.41, 5.74) is 7.95. The Morgan fingerprint density at radius 1 is 1.11 bits per heavy atom. The number of anilines is 2. The van der Waals surface area contributed by atoms with E-state index in [0.717, 1.165) is 30.5 Å². The van der Waals surface area contributed by atoms with Gasteiger partial charge in [-0.05, 0) is 55.7 Å². The molecule has 148 valence electrons. The van der Waals surface area contributed by atoms with Gasteiger partial charge in [-0.1, -0.05) is 17.3 Å². The van der Waals surface area contributed by atoms with E-state index in [1.807, 2.05) is 24.3 Å². The second kappa shape index (κ2) is 8.12. The van der Waals surface area contributed by atoms with Crippen molar-refractivity contribution in [3.05, 3.63) is 54.4 Å². The summed E-state index contributed by atoms with van der Waals surface area (Å²) < 4.78 is 34.3. The molecule has 0 radical (unpaired) electrons. The summed E-state index contributed by atoms with van der Waals surface area (Å²) in [5, 5.41) is 7.27. The molecule has 1 aliphatic carbocycles. The first kappa shape index (κ1) is 20.0. The van der Waals surface area contributed by atoms with Gasteiger partial charge in [0.2, 0.25) is 0 Å². The van der Waals surface area contributed by atoms with Gasteiger partial charge >= 0.3 is 6.61 Å². The first-order chi connectivity index (χ1) is 13.0. The van der Waals surface area contributed by atoms with Gasteiger partial charge in [-0.3, -0.25) is 0 Å². The summed E-state index contributed by atoms with van der Waals surface area (Å²) in [5.74, 6) is 0.994. The van der Waals surface area contributed by atoms with Crippen LogP contribution in [0.4, 0.5) is 20.2 Å². The molecular weight excluding hydrogens is 390 g/mol. The molecule has 1 saturated carbocycles. The predicted molar refractivity (Wildman–Crippen MR) is 103 cm³/mol. The number of aromatic nitrogens is 2. The molecule has 0 aliphatic heterocycles. The van der Waals surface area contributed by atoms with Crippen LogP contribution in [0.2, 0.25) is 0 Å². The number of para-hydroxylation sites is 1. The van der Waals surface area contributed by atoms with Crippen LogP contribution in [0.25, 0.3) is 11.5 Å². The normalized spacial score (nSPS) is 14.9. The van der Waals surface area contributed by atoms with Gasteiger partial charge in [-0.25, -0.2) is 0 Å². The summed E-state index contributed by atoms with van der Waals surface area (Å²) >= 11 is 0. The monoisotopic (exact) mass is 408 g/mol. The molecule has 0 spiro atoms. The maximum absolute atomic E-state index is 12.3. The van der Waals surface area contributed by atoms with E-state index in [0.29, 0.717) is 17.4 Å². The van der Waals surface area contributed by atoms with Crippen LogP contribution in [-0.4, -0.2) is 16.8 Å². The molecule has 4 rings (SSSR count). The van der Waals surface area contributed by atoms with Crippen LogP contribution in [-0.2, 0) is 5.54 Å². The highest BCUT2D eigenvalue weighted by atomic mass is 35.5. The predicted octanol–water partition coefficient (Wildman–Crippen LogP) is 4.84. The lowest BCUT2D eigenvalue weighted by molar-refractivity contribution is -0.0498. The maximum atomic E-state index is 12.3. The molecule has 3 N–H and O–H groups in total. The fraction of sp³-hybridized carbons (Fsp3) is 0.263. The van der Waals surface area contributed by atoms with E-state index in [-0.39, 0.29) is 18.2 Å². The zero-order chi connectivity index (χ0) is 18.9. The lowest BCUT2D eigenvalue weighted by Crippen LogP contribution is -2.44. The van der Waals surface area contributed by atoms with Crippen molar-refractivity contribution in [2.75, 3.05) is 5.32 Å². The second-order valence-corrected chi connectivity index (χ2v) is 6.51. The number of halogens is 3. The van der Waals surface area contributed by atoms with Crippen molar-refractivity contribution in [3.8, 4) is 17.2 Å². The maximum Gasteiger partial charge on any atom is 0.387 e. The van der Waals surface area contributed by atoms with Gasteiger partial charge in [0, 0.05) is 5.69 Å². The molecule has 1 heterocycles. The van der Waals surface area contributed by atoms with Crippen LogP contribution in [0.3, 0.4) is 0 Å². The minimum absolute atomic E-state index is 0. The van der Waals surface area contributed by atoms with Gasteiger partial charge in [-0.15, -0.1) is 12.4 Å². The number of alkyl halides is 2.